The van der Waals surface area contributed by atoms with Crippen molar-refractivity contribution in [2.75, 3.05) is 17.3 Å². The maximum atomic E-state index is 14.8. The average Bonchev–Trinajstić information content (AvgIpc) is 2.72. The Morgan fingerprint density at radius 2 is 2.00 bits per heavy atom. The van der Waals surface area contributed by atoms with Gasteiger partial charge >= 0.3 is 0 Å². The van der Waals surface area contributed by atoms with E-state index in [4.69, 9.17) is 11.5 Å². The van der Waals surface area contributed by atoms with Gasteiger partial charge < -0.3 is 21.7 Å². The number of primary amides is 2. The molecule has 156 valence electrons. The molecule has 2 heterocycles. The van der Waals surface area contributed by atoms with E-state index in [2.05, 4.69) is 15.3 Å². The normalized spacial score (nSPS) is 11.8. The molecule has 0 aliphatic heterocycles. The van der Waals surface area contributed by atoms with Crippen molar-refractivity contribution in [2.24, 2.45) is 11.5 Å². The van der Waals surface area contributed by atoms with E-state index < -0.39 is 23.7 Å². The van der Waals surface area contributed by atoms with Crippen molar-refractivity contribution in [2.45, 2.75) is 25.8 Å². The van der Waals surface area contributed by atoms with Crippen LogP contribution in [0.25, 0.3) is 10.9 Å². The molecular weight excluding hydrogens is 387 g/mol. The van der Waals surface area contributed by atoms with Crippen molar-refractivity contribution in [1.29, 1.82) is 0 Å². The standard InChI is InChI=1S/C21H23FN6O2/c1-3-5-17(19(24)30)28(2)21-15(22)11-14(18(23)29)20(27-21)26-13-7-8-16-12(10-13)6-4-9-25-16/h4,6-11,17H,3,5H2,1-2H3,(H2,23,29)(H2,24,30)(H,26,27). The fourth-order valence-corrected chi connectivity index (χ4v) is 3.25. The smallest absolute Gasteiger partial charge is 0.252 e. The number of hydrogen-bond acceptors (Lipinski definition) is 6. The topological polar surface area (TPSA) is 127 Å². The summed E-state index contributed by atoms with van der Waals surface area (Å²) in [6, 6.07) is 9.36. The zero-order chi connectivity index (χ0) is 21.8. The summed E-state index contributed by atoms with van der Waals surface area (Å²) >= 11 is 0. The lowest BCUT2D eigenvalue weighted by Gasteiger charge is -2.27. The Labute approximate surface area is 173 Å². The van der Waals surface area contributed by atoms with E-state index in [1.165, 1.54) is 11.9 Å². The molecule has 0 radical (unpaired) electrons. The van der Waals surface area contributed by atoms with E-state index >= 15 is 0 Å². The number of likely N-dealkylation sites (N-methyl/N-ethyl adjacent to an activating group) is 1. The van der Waals surface area contributed by atoms with Gasteiger partial charge in [-0.15, -0.1) is 0 Å². The Morgan fingerprint density at radius 1 is 1.23 bits per heavy atom. The van der Waals surface area contributed by atoms with Gasteiger partial charge in [0.15, 0.2) is 11.6 Å². The molecule has 9 heteroatoms. The van der Waals surface area contributed by atoms with Gasteiger partial charge in [-0.2, -0.15) is 0 Å². The number of aromatic nitrogens is 2. The van der Waals surface area contributed by atoms with E-state index in [0.717, 1.165) is 17.0 Å². The van der Waals surface area contributed by atoms with Crippen molar-refractivity contribution >= 4 is 40.0 Å². The fraction of sp³-hybridized carbons (Fsp3) is 0.238. The van der Waals surface area contributed by atoms with E-state index in [1.54, 1.807) is 12.3 Å². The number of benzene rings is 1. The number of carbonyl (C=O) groups excluding carboxylic acids is 2. The van der Waals surface area contributed by atoms with E-state index in [9.17, 15) is 14.0 Å². The van der Waals surface area contributed by atoms with Gasteiger partial charge in [0.1, 0.15) is 11.9 Å². The zero-order valence-corrected chi connectivity index (χ0v) is 16.7. The SMILES string of the molecule is CCCC(C(N)=O)N(C)c1nc(Nc2ccc3ncccc3c2)c(C(N)=O)cc1F. The minimum Gasteiger partial charge on any atom is -0.368 e. The third kappa shape index (κ3) is 4.29. The fourth-order valence-electron chi connectivity index (χ4n) is 3.25. The van der Waals surface area contributed by atoms with Gasteiger partial charge in [0.05, 0.1) is 11.1 Å². The van der Waals surface area contributed by atoms with Crippen LogP contribution < -0.4 is 21.7 Å². The Balaban J connectivity index is 2.04. The van der Waals surface area contributed by atoms with Gasteiger partial charge in [0.25, 0.3) is 5.91 Å². The molecule has 3 rings (SSSR count). The number of nitrogens with one attached hydrogen (secondary N) is 1. The highest BCUT2D eigenvalue weighted by Gasteiger charge is 2.25. The minimum atomic E-state index is -0.833. The second-order valence-corrected chi connectivity index (χ2v) is 6.91. The van der Waals surface area contributed by atoms with E-state index in [1.807, 2.05) is 31.2 Å². The molecule has 0 aliphatic carbocycles. The summed E-state index contributed by atoms with van der Waals surface area (Å²) < 4.78 is 14.8. The maximum Gasteiger partial charge on any atom is 0.252 e. The van der Waals surface area contributed by atoms with Gasteiger partial charge in [-0.05, 0) is 36.8 Å². The Kier molecular flexibility index (Phi) is 6.10. The summed E-state index contributed by atoms with van der Waals surface area (Å²) in [6.45, 7) is 1.89. The summed E-state index contributed by atoms with van der Waals surface area (Å²) in [5.74, 6) is -2.23. The summed E-state index contributed by atoms with van der Waals surface area (Å²) in [5.41, 5.74) is 12.2. The first-order valence-corrected chi connectivity index (χ1v) is 9.46. The third-order valence-corrected chi connectivity index (χ3v) is 4.78. The molecule has 0 fully saturated rings. The first kappa shape index (κ1) is 21.0. The second kappa shape index (κ2) is 8.73. The molecule has 0 saturated heterocycles. The molecule has 0 saturated carbocycles. The number of amides is 2. The van der Waals surface area contributed by atoms with Crippen LogP contribution in [0.15, 0.2) is 42.6 Å². The van der Waals surface area contributed by atoms with Crippen molar-refractivity contribution in [1.82, 2.24) is 9.97 Å². The van der Waals surface area contributed by atoms with Crippen molar-refractivity contribution in [3.63, 3.8) is 0 Å². The van der Waals surface area contributed by atoms with Crippen molar-refractivity contribution in [3.8, 4) is 0 Å². The first-order valence-electron chi connectivity index (χ1n) is 9.46. The maximum absolute atomic E-state index is 14.8. The Morgan fingerprint density at radius 3 is 2.67 bits per heavy atom. The summed E-state index contributed by atoms with van der Waals surface area (Å²) in [7, 11) is 1.53. The molecule has 3 aromatic rings. The number of pyridine rings is 2. The quantitative estimate of drug-likeness (QED) is 0.524. The largest absolute Gasteiger partial charge is 0.368 e. The van der Waals surface area contributed by atoms with Crippen LogP contribution in [0.5, 0.6) is 0 Å². The Bertz CT molecular complexity index is 1100. The third-order valence-electron chi connectivity index (χ3n) is 4.78. The predicted molar refractivity (Wildman–Crippen MR) is 114 cm³/mol. The number of nitrogens with two attached hydrogens (primary N) is 2. The highest BCUT2D eigenvalue weighted by Crippen LogP contribution is 2.28. The van der Waals surface area contributed by atoms with Crippen LogP contribution >= 0.6 is 0 Å². The molecule has 2 amide bonds. The number of hydrogen-bond donors (Lipinski definition) is 3. The highest BCUT2D eigenvalue weighted by molar-refractivity contribution is 5.99. The summed E-state index contributed by atoms with van der Waals surface area (Å²) in [6.07, 6.45) is 2.80. The molecule has 8 nitrogen and oxygen atoms in total. The lowest BCUT2D eigenvalue weighted by Crippen LogP contribution is -2.43. The molecule has 1 aromatic carbocycles. The number of rotatable bonds is 8. The number of anilines is 3. The predicted octanol–water partition coefficient (Wildman–Crippen LogP) is 2.70. The highest BCUT2D eigenvalue weighted by atomic mass is 19.1. The molecular formula is C21H23FN6O2. The monoisotopic (exact) mass is 410 g/mol. The Hall–Kier alpha value is -3.75. The molecule has 5 N–H and O–H groups in total. The number of fused-ring (bicyclic) bond motifs is 1. The molecule has 1 unspecified atom stereocenters. The molecule has 0 aliphatic rings. The molecule has 0 spiro atoms. The molecule has 2 aromatic heterocycles. The van der Waals surface area contributed by atoms with Gasteiger partial charge in [0, 0.05) is 24.3 Å². The number of carbonyl (C=O) groups is 2. The lowest BCUT2D eigenvalue weighted by molar-refractivity contribution is -0.119. The lowest BCUT2D eigenvalue weighted by atomic mass is 10.1. The second-order valence-electron chi connectivity index (χ2n) is 6.91. The molecule has 1 atom stereocenters. The first-order chi connectivity index (χ1) is 14.3. The van der Waals surface area contributed by atoms with E-state index in [-0.39, 0.29) is 17.2 Å². The minimum absolute atomic E-state index is 0.0775. The van der Waals surface area contributed by atoms with Crippen molar-refractivity contribution < 1.29 is 14.0 Å². The zero-order valence-electron chi connectivity index (χ0n) is 16.7. The number of nitrogens with zero attached hydrogens (tertiary/aromatic N) is 3. The van der Waals surface area contributed by atoms with Crippen LogP contribution in [0.3, 0.4) is 0 Å². The van der Waals surface area contributed by atoms with Crippen LogP contribution in [-0.2, 0) is 4.79 Å². The van der Waals surface area contributed by atoms with Gasteiger partial charge in [-0.1, -0.05) is 19.4 Å². The van der Waals surface area contributed by atoms with Crippen molar-refractivity contribution in [3.05, 3.63) is 54.0 Å². The van der Waals surface area contributed by atoms with Crippen LogP contribution in [0.4, 0.5) is 21.7 Å². The molecule has 0 bridgehead atoms. The average molecular weight is 410 g/mol. The van der Waals surface area contributed by atoms with Crippen LogP contribution in [0.1, 0.15) is 30.1 Å². The van der Waals surface area contributed by atoms with E-state index in [0.29, 0.717) is 18.5 Å². The van der Waals surface area contributed by atoms with Crippen LogP contribution in [0.2, 0.25) is 0 Å². The summed E-state index contributed by atoms with van der Waals surface area (Å²) in [4.78, 5) is 33.6. The number of halogens is 1. The molecule has 30 heavy (non-hydrogen) atoms. The van der Waals surface area contributed by atoms with Crippen LogP contribution in [0, 0.1) is 5.82 Å². The van der Waals surface area contributed by atoms with Gasteiger partial charge in [-0.25, -0.2) is 9.37 Å². The van der Waals surface area contributed by atoms with Gasteiger partial charge in [0.2, 0.25) is 5.91 Å². The van der Waals surface area contributed by atoms with Crippen LogP contribution in [-0.4, -0.2) is 34.9 Å². The summed E-state index contributed by atoms with van der Waals surface area (Å²) in [5, 5.41) is 3.89. The van der Waals surface area contributed by atoms with Gasteiger partial charge in [-0.3, -0.25) is 14.6 Å².